The molecule has 4 rings (SSSR count). The van der Waals surface area contributed by atoms with Gasteiger partial charge in [-0.2, -0.15) is 15.0 Å². The minimum absolute atomic E-state index is 0. The van der Waals surface area contributed by atoms with Gasteiger partial charge in [-0.1, -0.05) is 20.8 Å². The maximum absolute atomic E-state index is 11.6. The monoisotopic (exact) mass is 862 g/mol. The third-order valence-corrected chi connectivity index (χ3v) is 10.4. The van der Waals surface area contributed by atoms with Crippen molar-refractivity contribution in [3.63, 3.8) is 0 Å². The quantitative estimate of drug-likeness (QED) is 0.0365. The van der Waals surface area contributed by atoms with Crippen LogP contribution in [-0.2, 0) is 35.8 Å². The molecule has 55 heavy (non-hydrogen) atoms. The first-order valence-electron chi connectivity index (χ1n) is 15.3. The van der Waals surface area contributed by atoms with E-state index in [1.54, 1.807) is 29.8 Å². The first-order chi connectivity index (χ1) is 24.2. The molecular formula is C30H33N8Na3O10S4. The minimum Gasteiger partial charge on any atom is -0.748 e. The summed E-state index contributed by atoms with van der Waals surface area (Å²) in [6, 6.07) is 9.11. The zero-order chi connectivity index (χ0) is 38.5. The van der Waals surface area contributed by atoms with E-state index < -0.39 is 63.8 Å². The van der Waals surface area contributed by atoms with Crippen molar-refractivity contribution in [2.45, 2.75) is 55.7 Å². The van der Waals surface area contributed by atoms with Crippen LogP contribution in [0.5, 0.6) is 5.75 Å². The van der Waals surface area contributed by atoms with Crippen molar-refractivity contribution in [2.24, 2.45) is 10.2 Å². The van der Waals surface area contributed by atoms with Crippen molar-refractivity contribution >= 4 is 64.6 Å². The molecule has 0 radical (unpaired) electrons. The molecule has 0 unspecified atom stereocenters. The molecule has 0 aliphatic carbocycles. The van der Waals surface area contributed by atoms with Crippen LogP contribution in [0, 0.1) is 11.3 Å². The molecule has 2 aromatic heterocycles. The van der Waals surface area contributed by atoms with Gasteiger partial charge in [-0.15, -0.1) is 21.6 Å². The van der Waals surface area contributed by atoms with Crippen LogP contribution in [0.25, 0.3) is 5.13 Å². The van der Waals surface area contributed by atoms with E-state index >= 15 is 0 Å². The third kappa shape index (κ3) is 14.7. The molecule has 18 nitrogen and oxygen atoms in total. The van der Waals surface area contributed by atoms with Crippen molar-refractivity contribution in [1.82, 2.24) is 14.8 Å². The Morgan fingerprint density at radius 1 is 0.964 bits per heavy atom. The van der Waals surface area contributed by atoms with Gasteiger partial charge in [0.15, 0.2) is 12.5 Å². The molecule has 0 aliphatic rings. The minimum atomic E-state index is -5.17. The van der Waals surface area contributed by atoms with Crippen LogP contribution in [-0.4, -0.2) is 79.2 Å². The van der Waals surface area contributed by atoms with Crippen LogP contribution in [0.3, 0.4) is 0 Å². The van der Waals surface area contributed by atoms with Crippen LogP contribution in [0.15, 0.2) is 68.0 Å². The number of rotatable bonds is 16. The first-order valence-corrected chi connectivity index (χ1v) is 20.6. The number of nitriles is 1. The Kier molecular flexibility index (Phi) is 20.1. The molecule has 0 saturated heterocycles. The Morgan fingerprint density at radius 2 is 1.60 bits per heavy atom. The topological polar surface area (TPSA) is 275 Å². The van der Waals surface area contributed by atoms with E-state index in [0.29, 0.717) is 42.1 Å². The van der Waals surface area contributed by atoms with Crippen molar-refractivity contribution < 1.29 is 132 Å². The van der Waals surface area contributed by atoms with E-state index in [1.165, 1.54) is 16.0 Å². The largest absolute Gasteiger partial charge is 1.00 e. The van der Waals surface area contributed by atoms with Crippen LogP contribution in [0.4, 0.5) is 22.9 Å². The number of anilines is 2. The van der Waals surface area contributed by atoms with Crippen LogP contribution >= 0.6 is 11.3 Å². The summed E-state index contributed by atoms with van der Waals surface area (Å²) in [4.78, 5) is 4.22. The van der Waals surface area contributed by atoms with Gasteiger partial charge in [0.05, 0.1) is 31.3 Å². The van der Waals surface area contributed by atoms with E-state index in [-0.39, 0.29) is 118 Å². The Labute approximate surface area is 390 Å². The number of azo groups is 1. The standard InChI is InChI=1S/C30H36N8O10S4.3Na/c1-5-37(11-6-7-13-50(39,40)41)20-8-9-25(34-35-28-24(18-31)27(30(2,3)4)36-38(28)29-32-10-12-49-29)26(14-20)33-19-48-21-15-22(51(42,43)44)17-23(16-21)52(45,46)47;;;/h8-10,12,14-17,33H,5-7,11,13,19H2,1-4H3,(H,39,40,41)(H,42,43,44)(H,45,46,47);;;/q;3*+1/p-3. The van der Waals surface area contributed by atoms with E-state index in [0.717, 1.165) is 12.1 Å². The van der Waals surface area contributed by atoms with E-state index in [2.05, 4.69) is 31.7 Å². The molecule has 0 spiro atoms. The van der Waals surface area contributed by atoms with Gasteiger partial charge < -0.3 is 28.6 Å². The molecule has 0 atom stereocenters. The number of nitrogens with one attached hydrogen (secondary N) is 1. The number of thiazole rings is 1. The summed E-state index contributed by atoms with van der Waals surface area (Å²) < 4.78 is 110. The fourth-order valence-electron chi connectivity index (χ4n) is 4.80. The normalized spacial score (nSPS) is 11.9. The maximum atomic E-state index is 11.6. The molecule has 2 aromatic carbocycles. The smallest absolute Gasteiger partial charge is 0.748 e. The maximum Gasteiger partial charge on any atom is 1.00 e. The third-order valence-electron chi connectivity index (χ3n) is 7.27. The molecule has 0 aliphatic heterocycles. The Bertz CT molecular complexity index is 2280. The van der Waals surface area contributed by atoms with E-state index in [1.807, 2.05) is 32.6 Å². The zero-order valence-electron chi connectivity index (χ0n) is 31.2. The number of aromatic nitrogens is 3. The van der Waals surface area contributed by atoms with Crippen molar-refractivity contribution in [1.29, 1.82) is 5.26 Å². The Hall–Kier alpha value is -1.50. The summed E-state index contributed by atoms with van der Waals surface area (Å²) in [6.07, 6.45) is 2.11. The second-order valence-electron chi connectivity index (χ2n) is 12.1. The number of unbranched alkanes of at least 4 members (excludes halogenated alkanes) is 1. The van der Waals surface area contributed by atoms with Gasteiger partial charge in [-0.3, -0.25) is 0 Å². The Balaban J connectivity index is 0.00000504. The number of hydrogen-bond acceptors (Lipinski definition) is 18. The van der Waals surface area contributed by atoms with Crippen LogP contribution in [0.2, 0.25) is 0 Å². The van der Waals surface area contributed by atoms with Gasteiger partial charge in [-0.05, 0) is 56.2 Å². The van der Waals surface area contributed by atoms with Crippen molar-refractivity contribution in [2.75, 3.05) is 35.8 Å². The van der Waals surface area contributed by atoms with Gasteiger partial charge in [0, 0.05) is 41.5 Å². The van der Waals surface area contributed by atoms with Crippen molar-refractivity contribution in [3.8, 4) is 17.0 Å². The molecule has 25 heteroatoms. The first kappa shape index (κ1) is 51.5. The molecule has 4 aromatic rings. The summed E-state index contributed by atoms with van der Waals surface area (Å²) in [5.41, 5.74) is 1.23. The molecule has 2 heterocycles. The fraction of sp³-hybridized carbons (Fsp3) is 0.367. The summed E-state index contributed by atoms with van der Waals surface area (Å²) in [7, 11) is -14.7. The molecule has 1 N–H and O–H groups in total. The molecule has 0 fully saturated rings. The van der Waals surface area contributed by atoms with E-state index in [9.17, 15) is 44.2 Å². The second kappa shape index (κ2) is 21.5. The molecule has 280 valence electrons. The van der Waals surface area contributed by atoms with Crippen LogP contribution in [0.1, 0.15) is 51.8 Å². The average molecular weight is 863 g/mol. The molecule has 0 amide bonds. The fourth-order valence-corrected chi connectivity index (χ4v) is 7.09. The van der Waals surface area contributed by atoms with Crippen molar-refractivity contribution in [3.05, 3.63) is 59.2 Å². The van der Waals surface area contributed by atoms with Gasteiger partial charge in [-0.25, -0.2) is 30.2 Å². The van der Waals surface area contributed by atoms with E-state index in [4.69, 9.17) is 4.74 Å². The van der Waals surface area contributed by atoms with Gasteiger partial charge in [0.2, 0.25) is 5.13 Å². The summed E-state index contributed by atoms with van der Waals surface area (Å²) in [6.45, 7) is 7.94. The average Bonchev–Trinajstić information content (AvgIpc) is 3.71. The molecular weight excluding hydrogens is 830 g/mol. The molecule has 0 bridgehead atoms. The SMILES string of the molecule is CCN(CCCCS(=O)(=O)[O-])c1ccc(N=Nc2c(C#N)c(C(C)(C)C)nn2-c2nccs2)c(NCOc2cc(S(=O)(=O)[O-])cc(S(=O)(=O)[O-])c2)c1.[Na+].[Na+].[Na+]. The Morgan fingerprint density at radius 3 is 2.11 bits per heavy atom. The second-order valence-corrected chi connectivity index (χ2v) is 17.3. The van der Waals surface area contributed by atoms with Gasteiger partial charge >= 0.3 is 88.7 Å². The zero-order valence-corrected chi connectivity index (χ0v) is 40.5. The van der Waals surface area contributed by atoms with Gasteiger partial charge in [0.1, 0.15) is 43.3 Å². The summed E-state index contributed by atoms with van der Waals surface area (Å²) >= 11 is 1.27. The predicted molar refractivity (Wildman–Crippen MR) is 186 cm³/mol. The number of nitrogens with zero attached hydrogens (tertiary/aromatic N) is 7. The number of ether oxygens (including phenoxy) is 1. The number of hydrogen-bond donors (Lipinski definition) is 1. The van der Waals surface area contributed by atoms with Gasteiger partial charge in [0.25, 0.3) is 0 Å². The predicted octanol–water partition coefficient (Wildman–Crippen LogP) is -4.67. The molecule has 0 saturated carbocycles. The summed E-state index contributed by atoms with van der Waals surface area (Å²) in [5.74, 6) is -0.807. The van der Waals surface area contributed by atoms with Crippen LogP contribution < -0.4 is 104 Å². The number of benzene rings is 2. The summed E-state index contributed by atoms with van der Waals surface area (Å²) in [5, 5.41) is 28.7.